The van der Waals surface area contributed by atoms with Crippen LogP contribution in [-0.2, 0) is 35.1 Å². The second-order valence-corrected chi connectivity index (χ2v) is 18.5. The third-order valence-electron chi connectivity index (χ3n) is 10.2. The van der Waals surface area contributed by atoms with E-state index in [2.05, 4.69) is 25.9 Å². The van der Waals surface area contributed by atoms with Gasteiger partial charge in [-0.15, -0.1) is 0 Å². The van der Waals surface area contributed by atoms with Gasteiger partial charge in [0.1, 0.15) is 46.4 Å². The van der Waals surface area contributed by atoms with Crippen molar-refractivity contribution < 1.29 is 51.6 Å². The van der Waals surface area contributed by atoms with Crippen molar-refractivity contribution in [3.63, 3.8) is 0 Å². The molecule has 372 valence electrons. The predicted octanol–water partition coefficient (Wildman–Crippen LogP) is 8.98. The standard InChI is InChI=1S/C50H64F2N8O9/c1-11-65-33-25-36(51)35(37(52)26-33)29-60-40-20-16-15-18-34(40)43(59-60)45-54-28-41(44(58-45)56-39-24-31(3)53-27-30(39)2)66-22-17-23-67-47(63)32(4)55-46(62)38(57-48(64)69-50(8,9)10)19-13-12-14-21-42(61)68-49(5,6)7/h15-16,18,20,24-28,32,38H,11-14,17,19,21-23,29H2,1-10H3,(H,55,62)(H,57,64)(H,53,54,56,58)/t32-,38-/m0/s1. The first-order chi connectivity index (χ1) is 32.6. The lowest BCUT2D eigenvalue weighted by Gasteiger charge is -2.24. The molecule has 2 amide bonds. The number of anilines is 2. The highest BCUT2D eigenvalue weighted by molar-refractivity contribution is 5.92. The van der Waals surface area contributed by atoms with Crippen LogP contribution < -0.4 is 25.4 Å². The summed E-state index contributed by atoms with van der Waals surface area (Å²) < 4.78 is 59.6. The first kappa shape index (κ1) is 53.0. The maximum Gasteiger partial charge on any atom is 0.408 e. The van der Waals surface area contributed by atoms with Crippen LogP contribution in [-0.4, -0.2) is 91.8 Å². The number of alkyl carbamates (subject to hydrolysis) is 1. The summed E-state index contributed by atoms with van der Waals surface area (Å²) in [5.74, 6) is -2.27. The number of benzene rings is 2. The number of para-hydroxylation sites is 1. The molecule has 3 N–H and O–H groups in total. The van der Waals surface area contributed by atoms with Crippen LogP contribution in [0.25, 0.3) is 22.4 Å². The van der Waals surface area contributed by atoms with Gasteiger partial charge in [0, 0.05) is 53.5 Å². The Hall–Kier alpha value is -6.92. The van der Waals surface area contributed by atoms with Crippen molar-refractivity contribution in [2.45, 2.75) is 138 Å². The van der Waals surface area contributed by atoms with Crippen molar-refractivity contribution in [3.8, 4) is 23.0 Å². The Balaban J connectivity index is 1.23. The van der Waals surface area contributed by atoms with E-state index in [1.165, 1.54) is 17.8 Å². The molecule has 0 radical (unpaired) electrons. The number of unbranched alkanes of at least 4 members (excludes halogenated alkanes) is 2. The van der Waals surface area contributed by atoms with Gasteiger partial charge in [-0.1, -0.05) is 31.0 Å². The van der Waals surface area contributed by atoms with Gasteiger partial charge in [0.15, 0.2) is 17.4 Å². The molecule has 5 aromatic rings. The highest BCUT2D eigenvalue weighted by Crippen LogP contribution is 2.33. The Kier molecular flexibility index (Phi) is 18.4. The Morgan fingerprint density at radius 3 is 2.23 bits per heavy atom. The van der Waals surface area contributed by atoms with Crippen molar-refractivity contribution in [3.05, 3.63) is 83.3 Å². The first-order valence-electron chi connectivity index (χ1n) is 23.1. The van der Waals surface area contributed by atoms with Crippen molar-refractivity contribution in [1.82, 2.24) is 35.4 Å². The second kappa shape index (κ2) is 23.9. The molecule has 0 saturated carbocycles. The lowest BCUT2D eigenvalue weighted by Crippen LogP contribution is -2.51. The normalized spacial score (nSPS) is 12.5. The largest absolute Gasteiger partial charge is 0.494 e. The molecule has 5 rings (SSSR count). The number of aryl methyl sites for hydroxylation is 2. The van der Waals surface area contributed by atoms with E-state index in [1.54, 1.807) is 66.8 Å². The van der Waals surface area contributed by atoms with Gasteiger partial charge in [0.05, 0.1) is 38.1 Å². The maximum atomic E-state index is 15.2. The van der Waals surface area contributed by atoms with E-state index in [-0.39, 0.29) is 74.5 Å². The van der Waals surface area contributed by atoms with Gasteiger partial charge in [-0.05, 0) is 99.8 Å². The molecule has 0 spiro atoms. The molecule has 0 aliphatic rings. The fourth-order valence-electron chi connectivity index (χ4n) is 6.93. The molecule has 19 heteroatoms. The minimum absolute atomic E-state index is 0.0559. The fraction of sp³-hybridized carbons (Fsp3) is 0.480. The lowest BCUT2D eigenvalue weighted by atomic mass is 10.1. The number of halogens is 2. The molecule has 0 unspecified atom stereocenters. The van der Waals surface area contributed by atoms with E-state index in [0.29, 0.717) is 47.4 Å². The topological polar surface area (TPSA) is 207 Å². The summed E-state index contributed by atoms with van der Waals surface area (Å²) in [4.78, 5) is 65.0. The molecule has 2 atom stereocenters. The van der Waals surface area contributed by atoms with E-state index >= 15 is 8.78 Å². The number of hydrogen-bond acceptors (Lipinski definition) is 14. The molecule has 0 saturated heterocycles. The summed E-state index contributed by atoms with van der Waals surface area (Å²) in [6.45, 7) is 17.5. The van der Waals surface area contributed by atoms with Crippen LogP contribution in [0.5, 0.6) is 11.5 Å². The molecule has 3 heterocycles. The highest BCUT2D eigenvalue weighted by Gasteiger charge is 2.28. The van der Waals surface area contributed by atoms with Gasteiger partial charge in [-0.25, -0.2) is 28.3 Å². The van der Waals surface area contributed by atoms with Crippen LogP contribution in [0.4, 0.5) is 25.1 Å². The minimum atomic E-state index is -1.06. The molecule has 0 fully saturated rings. The average molecular weight is 959 g/mol. The minimum Gasteiger partial charge on any atom is -0.494 e. The number of nitrogens with zero attached hydrogens (tertiary/aromatic N) is 5. The van der Waals surface area contributed by atoms with E-state index in [9.17, 15) is 19.2 Å². The zero-order chi connectivity index (χ0) is 50.5. The zero-order valence-electron chi connectivity index (χ0n) is 41.1. The lowest BCUT2D eigenvalue weighted by molar-refractivity contribution is -0.155. The monoisotopic (exact) mass is 958 g/mol. The van der Waals surface area contributed by atoms with Gasteiger partial charge in [0.25, 0.3) is 0 Å². The van der Waals surface area contributed by atoms with Crippen molar-refractivity contribution in [2.75, 3.05) is 25.1 Å². The van der Waals surface area contributed by atoms with Gasteiger partial charge >= 0.3 is 18.0 Å². The summed E-state index contributed by atoms with van der Waals surface area (Å²) in [6.07, 6.45) is 4.75. The van der Waals surface area contributed by atoms with Crippen molar-refractivity contribution in [1.29, 1.82) is 0 Å². The number of carbonyl (C=O) groups is 4. The van der Waals surface area contributed by atoms with Gasteiger partial charge in [0.2, 0.25) is 5.91 Å². The number of esters is 2. The van der Waals surface area contributed by atoms with Crippen LogP contribution in [0.3, 0.4) is 0 Å². The number of fused-ring (bicyclic) bond motifs is 1. The molecular formula is C50H64F2N8O9. The number of nitrogens with one attached hydrogen (secondary N) is 3. The molecule has 0 aliphatic heterocycles. The number of pyridine rings is 1. The second-order valence-electron chi connectivity index (χ2n) is 18.5. The number of ether oxygens (including phenoxy) is 5. The molecule has 2 aromatic carbocycles. The van der Waals surface area contributed by atoms with E-state index in [0.717, 1.165) is 23.4 Å². The molecule has 17 nitrogen and oxygen atoms in total. The van der Waals surface area contributed by atoms with Crippen LogP contribution in [0.2, 0.25) is 0 Å². The smallest absolute Gasteiger partial charge is 0.408 e. The summed E-state index contributed by atoms with van der Waals surface area (Å²) in [5.41, 5.74) is 1.68. The number of amides is 2. The third kappa shape index (κ3) is 16.1. The van der Waals surface area contributed by atoms with Crippen LogP contribution in [0.15, 0.2) is 54.9 Å². The van der Waals surface area contributed by atoms with Gasteiger partial charge in [-0.3, -0.25) is 19.3 Å². The number of rotatable bonds is 22. The third-order valence-corrected chi connectivity index (χ3v) is 10.2. The fourth-order valence-corrected chi connectivity index (χ4v) is 6.93. The van der Waals surface area contributed by atoms with Gasteiger partial charge < -0.3 is 39.6 Å². The van der Waals surface area contributed by atoms with Crippen LogP contribution in [0, 0.1) is 25.5 Å². The summed E-state index contributed by atoms with van der Waals surface area (Å²) in [5, 5.41) is 14.0. The van der Waals surface area contributed by atoms with Crippen molar-refractivity contribution >= 4 is 46.3 Å². The Morgan fingerprint density at radius 1 is 0.826 bits per heavy atom. The first-order valence-corrected chi connectivity index (χ1v) is 23.1. The molecule has 0 aliphatic carbocycles. The predicted molar refractivity (Wildman–Crippen MR) is 255 cm³/mol. The van der Waals surface area contributed by atoms with E-state index in [1.807, 2.05) is 32.0 Å². The molecule has 69 heavy (non-hydrogen) atoms. The Morgan fingerprint density at radius 2 is 1.54 bits per heavy atom. The van der Waals surface area contributed by atoms with Gasteiger partial charge in [-0.2, -0.15) is 5.10 Å². The quantitative estimate of drug-likeness (QED) is 0.0336. The number of aromatic nitrogens is 5. The molecular weight excluding hydrogens is 895 g/mol. The van der Waals surface area contributed by atoms with Crippen LogP contribution >= 0.6 is 0 Å². The Bertz CT molecular complexity index is 2570. The number of carbonyl (C=O) groups excluding carboxylic acids is 4. The summed E-state index contributed by atoms with van der Waals surface area (Å²) in [6, 6.07) is 9.30. The number of hydrogen-bond donors (Lipinski definition) is 3. The van der Waals surface area contributed by atoms with Crippen molar-refractivity contribution in [2.24, 2.45) is 0 Å². The summed E-state index contributed by atoms with van der Waals surface area (Å²) >= 11 is 0. The van der Waals surface area contributed by atoms with E-state index in [4.69, 9.17) is 33.8 Å². The molecule has 3 aromatic heterocycles. The maximum absolute atomic E-state index is 15.2. The van der Waals surface area contributed by atoms with Crippen LogP contribution in [0.1, 0.15) is 111 Å². The Labute approximate surface area is 401 Å². The zero-order valence-corrected chi connectivity index (χ0v) is 41.1. The summed E-state index contributed by atoms with van der Waals surface area (Å²) in [7, 11) is 0. The molecule has 0 bridgehead atoms. The highest BCUT2D eigenvalue weighted by atomic mass is 19.1. The van der Waals surface area contributed by atoms with E-state index < -0.39 is 52.9 Å². The average Bonchev–Trinajstić information content (AvgIpc) is 3.62. The SMILES string of the molecule is CCOc1cc(F)c(Cn2nc(-c3ncc(OCCCOC(=O)[C@H](C)NC(=O)[C@H](CCCCCC(=O)OC(C)(C)C)NC(=O)OC(C)(C)C)c(Nc4cc(C)ncc4C)n3)c3ccccc32)c(F)c1.